The Kier molecular flexibility index (Phi) is 8.32. The summed E-state index contributed by atoms with van der Waals surface area (Å²) in [7, 11) is 0. The van der Waals surface area contributed by atoms with Crippen molar-refractivity contribution in [2.45, 2.75) is 56.8 Å². The largest absolute Gasteiger partial charge is 0.486 e. The van der Waals surface area contributed by atoms with Crippen molar-refractivity contribution in [3.05, 3.63) is 87.8 Å². The molecule has 210 valence electrons. The van der Waals surface area contributed by atoms with E-state index in [1.165, 1.54) is 11.0 Å². The standard InChI is InChI=1S/C31H34N2O7/c1-2-3-4-9-15-33(30(37)22-17-19-10-5-7-12-24(19)40-31(22)38)23-18-21(29(36)32-14-16-34)26-20-11-6-8-13-25(20)39-28(26)27(23)35/h5-8,10-13,17-18,23,26-28,34-35H,2-4,9,14-16H2,1H3,(H,32,36). The Hall–Kier alpha value is -3.95. The van der Waals surface area contributed by atoms with Gasteiger partial charge >= 0.3 is 5.63 Å². The van der Waals surface area contributed by atoms with Gasteiger partial charge in [-0.15, -0.1) is 0 Å². The van der Waals surface area contributed by atoms with E-state index in [2.05, 4.69) is 12.2 Å². The van der Waals surface area contributed by atoms with E-state index < -0.39 is 41.6 Å². The molecule has 40 heavy (non-hydrogen) atoms. The molecule has 4 atom stereocenters. The highest BCUT2D eigenvalue weighted by atomic mass is 16.5. The summed E-state index contributed by atoms with van der Waals surface area (Å²) in [6.45, 7) is 2.18. The van der Waals surface area contributed by atoms with Gasteiger partial charge in [-0.3, -0.25) is 9.59 Å². The maximum absolute atomic E-state index is 14.0. The van der Waals surface area contributed by atoms with Crippen LogP contribution >= 0.6 is 0 Å². The number of para-hydroxylation sites is 2. The van der Waals surface area contributed by atoms with Crippen molar-refractivity contribution in [2.75, 3.05) is 19.7 Å². The number of carbonyl (C=O) groups excluding carboxylic acids is 2. The first-order valence-electron chi connectivity index (χ1n) is 13.8. The third kappa shape index (κ3) is 5.26. The van der Waals surface area contributed by atoms with E-state index in [1.807, 2.05) is 18.2 Å². The Morgan fingerprint density at radius 2 is 1.82 bits per heavy atom. The molecule has 1 aromatic heterocycles. The maximum atomic E-state index is 14.0. The second-order valence-corrected chi connectivity index (χ2v) is 10.2. The summed E-state index contributed by atoms with van der Waals surface area (Å²) >= 11 is 0. The molecule has 9 nitrogen and oxygen atoms in total. The third-order valence-electron chi connectivity index (χ3n) is 7.62. The van der Waals surface area contributed by atoms with Crippen LogP contribution in [0.2, 0.25) is 0 Å². The minimum Gasteiger partial charge on any atom is -0.486 e. The van der Waals surface area contributed by atoms with Crippen LogP contribution in [0.3, 0.4) is 0 Å². The molecule has 0 saturated heterocycles. The molecule has 0 saturated carbocycles. The molecule has 3 N–H and O–H groups in total. The Morgan fingerprint density at radius 1 is 1.05 bits per heavy atom. The van der Waals surface area contributed by atoms with Gasteiger partial charge in [0.15, 0.2) is 0 Å². The van der Waals surface area contributed by atoms with Gasteiger partial charge < -0.3 is 29.6 Å². The van der Waals surface area contributed by atoms with Crippen molar-refractivity contribution in [2.24, 2.45) is 0 Å². The molecular weight excluding hydrogens is 512 g/mol. The van der Waals surface area contributed by atoms with Gasteiger partial charge in [-0.2, -0.15) is 0 Å². The number of hydrogen-bond donors (Lipinski definition) is 3. The molecule has 1 aliphatic carbocycles. The number of benzene rings is 2. The van der Waals surface area contributed by atoms with Gasteiger partial charge in [-0.05, 0) is 30.7 Å². The van der Waals surface area contributed by atoms with Crippen LogP contribution in [0.4, 0.5) is 0 Å². The van der Waals surface area contributed by atoms with Gasteiger partial charge in [-0.1, -0.05) is 62.6 Å². The highest BCUT2D eigenvalue weighted by Crippen LogP contribution is 2.47. The third-order valence-corrected chi connectivity index (χ3v) is 7.62. The number of carbonyl (C=O) groups is 2. The van der Waals surface area contributed by atoms with E-state index in [-0.39, 0.29) is 25.3 Å². The number of nitrogens with zero attached hydrogens (tertiary/aromatic N) is 1. The van der Waals surface area contributed by atoms with Crippen LogP contribution in [-0.2, 0) is 4.79 Å². The average Bonchev–Trinajstić information content (AvgIpc) is 3.36. The molecule has 4 unspecified atom stereocenters. The monoisotopic (exact) mass is 546 g/mol. The van der Waals surface area contributed by atoms with Crippen molar-refractivity contribution < 1.29 is 29.0 Å². The highest BCUT2D eigenvalue weighted by molar-refractivity contribution is 5.98. The zero-order valence-electron chi connectivity index (χ0n) is 22.4. The van der Waals surface area contributed by atoms with Crippen LogP contribution in [0.15, 0.2) is 75.5 Å². The van der Waals surface area contributed by atoms with Crippen LogP contribution in [0.25, 0.3) is 11.0 Å². The molecule has 2 aromatic carbocycles. The zero-order chi connectivity index (χ0) is 28.2. The summed E-state index contributed by atoms with van der Waals surface area (Å²) in [6, 6.07) is 14.8. The topological polar surface area (TPSA) is 129 Å². The number of fused-ring (bicyclic) bond motifs is 4. The molecule has 5 rings (SSSR count). The minimum atomic E-state index is -1.17. The Balaban J connectivity index is 1.57. The Labute approximate surface area is 232 Å². The van der Waals surface area contributed by atoms with Gasteiger partial charge in [-0.25, -0.2) is 4.79 Å². The number of rotatable bonds is 10. The van der Waals surface area contributed by atoms with E-state index >= 15 is 0 Å². The van der Waals surface area contributed by atoms with Crippen LogP contribution in [0, 0.1) is 0 Å². The molecule has 0 fully saturated rings. The summed E-state index contributed by atoms with van der Waals surface area (Å²) in [4.78, 5) is 41.8. The first kappa shape index (κ1) is 27.6. The van der Waals surface area contributed by atoms with Crippen LogP contribution in [0.1, 0.15) is 54.4 Å². The fraction of sp³-hybridized carbons (Fsp3) is 0.387. The van der Waals surface area contributed by atoms with E-state index in [0.29, 0.717) is 28.7 Å². The molecule has 1 aliphatic heterocycles. The number of amides is 2. The Morgan fingerprint density at radius 3 is 2.62 bits per heavy atom. The normalized spacial score (nSPS) is 21.2. The lowest BCUT2D eigenvalue weighted by Gasteiger charge is -2.40. The van der Waals surface area contributed by atoms with E-state index in [1.54, 1.807) is 36.4 Å². The number of aliphatic hydroxyl groups excluding tert-OH is 2. The first-order valence-corrected chi connectivity index (χ1v) is 13.8. The molecule has 2 aliphatic rings. The summed E-state index contributed by atoms with van der Waals surface area (Å²) in [5, 5.41) is 24.3. The SMILES string of the molecule is CCCCCCN(C(=O)c1cc2ccccc2oc1=O)C1C=C(C(=O)NCCO)C2c3ccccc3OC2C1O. The predicted octanol–water partition coefficient (Wildman–Crippen LogP) is 3.14. The van der Waals surface area contributed by atoms with Gasteiger partial charge in [0.2, 0.25) is 5.91 Å². The average molecular weight is 547 g/mol. The number of nitrogens with one attached hydrogen (secondary N) is 1. The van der Waals surface area contributed by atoms with Crippen LogP contribution < -0.4 is 15.7 Å². The number of hydrogen-bond acceptors (Lipinski definition) is 7. The lowest BCUT2D eigenvalue weighted by molar-refractivity contribution is -0.118. The summed E-state index contributed by atoms with van der Waals surface area (Å²) < 4.78 is 11.6. The van der Waals surface area contributed by atoms with E-state index in [4.69, 9.17) is 9.15 Å². The number of aliphatic hydroxyl groups is 2. The summed E-state index contributed by atoms with van der Waals surface area (Å²) in [6.07, 6.45) is 3.11. The maximum Gasteiger partial charge on any atom is 0.349 e. The molecule has 3 aromatic rings. The minimum absolute atomic E-state index is 0.0566. The number of ether oxygens (including phenoxy) is 1. The fourth-order valence-electron chi connectivity index (χ4n) is 5.65. The second-order valence-electron chi connectivity index (χ2n) is 10.2. The molecule has 9 heteroatoms. The van der Waals surface area contributed by atoms with Gasteiger partial charge in [0.05, 0.1) is 18.6 Å². The molecular formula is C31H34N2O7. The second kappa shape index (κ2) is 12.1. The quantitative estimate of drug-likeness (QED) is 0.263. The zero-order valence-corrected chi connectivity index (χ0v) is 22.4. The van der Waals surface area contributed by atoms with Crippen molar-refractivity contribution in [3.8, 4) is 5.75 Å². The van der Waals surface area contributed by atoms with Crippen LogP contribution in [-0.4, -0.2) is 64.9 Å². The molecule has 2 heterocycles. The smallest absolute Gasteiger partial charge is 0.349 e. The van der Waals surface area contributed by atoms with E-state index in [0.717, 1.165) is 24.8 Å². The van der Waals surface area contributed by atoms with Gasteiger partial charge in [0.1, 0.15) is 29.1 Å². The molecule has 0 spiro atoms. The fourth-order valence-corrected chi connectivity index (χ4v) is 5.65. The molecule has 0 radical (unpaired) electrons. The van der Waals surface area contributed by atoms with Crippen molar-refractivity contribution in [3.63, 3.8) is 0 Å². The van der Waals surface area contributed by atoms with Gasteiger partial charge in [0.25, 0.3) is 5.91 Å². The highest BCUT2D eigenvalue weighted by Gasteiger charge is 2.50. The first-order chi connectivity index (χ1) is 19.4. The van der Waals surface area contributed by atoms with Crippen molar-refractivity contribution in [1.82, 2.24) is 10.2 Å². The lowest BCUT2D eigenvalue weighted by Crippen LogP contribution is -2.56. The summed E-state index contributed by atoms with van der Waals surface area (Å²) in [5.41, 5.74) is 0.583. The van der Waals surface area contributed by atoms with Gasteiger partial charge in [0, 0.05) is 29.6 Å². The van der Waals surface area contributed by atoms with Crippen LogP contribution in [0.5, 0.6) is 5.75 Å². The molecule has 0 bridgehead atoms. The van der Waals surface area contributed by atoms with E-state index in [9.17, 15) is 24.6 Å². The number of unbranched alkanes of at least 4 members (excludes halogenated alkanes) is 3. The Bertz CT molecular complexity index is 1480. The molecule has 2 amide bonds. The predicted molar refractivity (Wildman–Crippen MR) is 149 cm³/mol. The summed E-state index contributed by atoms with van der Waals surface area (Å²) in [5.74, 6) is -0.983. The van der Waals surface area contributed by atoms with Crippen molar-refractivity contribution in [1.29, 1.82) is 0 Å². The van der Waals surface area contributed by atoms with Crippen molar-refractivity contribution >= 4 is 22.8 Å². The lowest BCUT2D eigenvalue weighted by atomic mass is 9.77.